The van der Waals surface area contributed by atoms with Crippen LogP contribution in [0.5, 0.6) is 0 Å². The second-order valence-corrected chi connectivity index (χ2v) is 6.07. The molecule has 0 aliphatic heterocycles. The number of carboxylic acids is 1. The zero-order chi connectivity index (χ0) is 15.7. The summed E-state index contributed by atoms with van der Waals surface area (Å²) in [4.78, 5) is 11.3. The lowest BCUT2D eigenvalue weighted by Crippen LogP contribution is -2.15. The van der Waals surface area contributed by atoms with Crippen molar-refractivity contribution in [2.24, 2.45) is 5.92 Å². The molecule has 2 aromatic carbocycles. The highest BCUT2D eigenvalue weighted by Crippen LogP contribution is 2.38. The van der Waals surface area contributed by atoms with Crippen LogP contribution in [0.3, 0.4) is 0 Å². The Labute approximate surface area is 129 Å². The molecule has 2 atom stereocenters. The molecule has 0 amide bonds. The Morgan fingerprint density at radius 3 is 2.64 bits per heavy atom. The Bertz CT molecular complexity index is 708. The number of fused-ring (bicyclic) bond motifs is 2. The second-order valence-electron chi connectivity index (χ2n) is 6.07. The fourth-order valence-electron chi connectivity index (χ4n) is 3.38. The van der Waals surface area contributed by atoms with E-state index in [1.165, 1.54) is 17.2 Å². The molecule has 0 fully saturated rings. The van der Waals surface area contributed by atoms with Crippen LogP contribution in [0.1, 0.15) is 41.5 Å². The van der Waals surface area contributed by atoms with E-state index in [1.807, 2.05) is 18.2 Å². The molecule has 1 N–H and O–H groups in total. The van der Waals surface area contributed by atoms with Crippen molar-refractivity contribution in [3.63, 3.8) is 0 Å². The summed E-state index contributed by atoms with van der Waals surface area (Å²) in [6, 6.07) is 13.1. The number of rotatable bonds is 3. The van der Waals surface area contributed by atoms with Crippen molar-refractivity contribution in [1.29, 1.82) is 0 Å². The maximum Gasteiger partial charge on any atom is 0.306 e. The summed E-state index contributed by atoms with van der Waals surface area (Å²) < 4.78 is 13.6. The molecule has 0 heterocycles. The van der Waals surface area contributed by atoms with Gasteiger partial charge in [-0.15, -0.1) is 0 Å². The van der Waals surface area contributed by atoms with Gasteiger partial charge in [-0.3, -0.25) is 4.79 Å². The number of hydrogen-bond acceptors (Lipinski definition) is 1. The van der Waals surface area contributed by atoms with Crippen LogP contribution in [0.25, 0.3) is 0 Å². The summed E-state index contributed by atoms with van der Waals surface area (Å²) in [7, 11) is 0. The van der Waals surface area contributed by atoms with Crippen molar-refractivity contribution < 1.29 is 14.3 Å². The van der Waals surface area contributed by atoms with Crippen LogP contribution in [0.2, 0.25) is 0 Å². The lowest BCUT2D eigenvalue weighted by atomic mass is 9.82. The zero-order valence-electron chi connectivity index (χ0n) is 12.6. The SMILES string of the molecule is CC(CC1c2ccccc2CCc2cc(F)ccc21)C(=O)O. The van der Waals surface area contributed by atoms with Gasteiger partial charge in [0.15, 0.2) is 0 Å². The second kappa shape index (κ2) is 5.91. The molecular weight excluding hydrogens is 279 g/mol. The number of carboxylic acid groups (broad SMARTS) is 1. The fraction of sp³-hybridized carbons (Fsp3) is 0.316. The van der Waals surface area contributed by atoms with Crippen molar-refractivity contribution in [2.75, 3.05) is 0 Å². The van der Waals surface area contributed by atoms with Crippen molar-refractivity contribution in [1.82, 2.24) is 0 Å². The molecule has 0 saturated carbocycles. The molecule has 0 aromatic heterocycles. The molecule has 3 heteroatoms. The summed E-state index contributed by atoms with van der Waals surface area (Å²) in [6.07, 6.45) is 2.19. The predicted octanol–water partition coefficient (Wildman–Crippen LogP) is 4.17. The van der Waals surface area contributed by atoms with Crippen molar-refractivity contribution >= 4 is 5.97 Å². The first-order valence-corrected chi connectivity index (χ1v) is 7.65. The van der Waals surface area contributed by atoms with Crippen LogP contribution in [0.4, 0.5) is 4.39 Å². The van der Waals surface area contributed by atoms with Crippen molar-refractivity contribution in [3.8, 4) is 0 Å². The Kier molecular flexibility index (Phi) is 3.97. The Balaban J connectivity index is 2.10. The standard InChI is InChI=1S/C19H19FO2/c1-12(19(21)22)10-18-16-5-3-2-4-13(16)6-7-14-11-15(20)8-9-17(14)18/h2-5,8-9,11-12,18H,6-7,10H2,1H3,(H,21,22). The molecule has 2 aromatic rings. The lowest BCUT2D eigenvalue weighted by Gasteiger charge is -2.22. The van der Waals surface area contributed by atoms with E-state index < -0.39 is 11.9 Å². The lowest BCUT2D eigenvalue weighted by molar-refractivity contribution is -0.141. The van der Waals surface area contributed by atoms with Gasteiger partial charge in [0.2, 0.25) is 0 Å². The highest BCUT2D eigenvalue weighted by Gasteiger charge is 2.27. The molecule has 22 heavy (non-hydrogen) atoms. The number of benzene rings is 2. The highest BCUT2D eigenvalue weighted by atomic mass is 19.1. The van der Waals surface area contributed by atoms with Crippen LogP contribution in [-0.2, 0) is 17.6 Å². The summed E-state index contributed by atoms with van der Waals surface area (Å²) in [5.41, 5.74) is 4.49. The first-order valence-electron chi connectivity index (χ1n) is 7.65. The first-order chi connectivity index (χ1) is 10.6. The van der Waals surface area contributed by atoms with Gasteiger partial charge in [0.05, 0.1) is 5.92 Å². The number of aliphatic carboxylic acids is 1. The van der Waals surface area contributed by atoms with Crippen molar-refractivity contribution in [3.05, 3.63) is 70.5 Å². The topological polar surface area (TPSA) is 37.3 Å². The monoisotopic (exact) mass is 298 g/mol. The van der Waals surface area contributed by atoms with E-state index in [4.69, 9.17) is 0 Å². The molecule has 2 nitrogen and oxygen atoms in total. The van der Waals surface area contributed by atoms with Gasteiger partial charge >= 0.3 is 5.97 Å². The number of hydrogen-bond donors (Lipinski definition) is 1. The normalized spacial score (nSPS) is 18.0. The van der Waals surface area contributed by atoms with Gasteiger partial charge in [0.25, 0.3) is 0 Å². The fourth-order valence-corrected chi connectivity index (χ4v) is 3.38. The van der Waals surface area contributed by atoms with Crippen LogP contribution < -0.4 is 0 Å². The number of aryl methyl sites for hydroxylation is 2. The predicted molar refractivity (Wildman–Crippen MR) is 83.5 cm³/mol. The van der Waals surface area contributed by atoms with Gasteiger partial charge in [-0.05, 0) is 53.6 Å². The molecule has 0 spiro atoms. The minimum Gasteiger partial charge on any atom is -0.481 e. The zero-order valence-corrected chi connectivity index (χ0v) is 12.6. The van der Waals surface area contributed by atoms with E-state index in [0.29, 0.717) is 6.42 Å². The van der Waals surface area contributed by atoms with E-state index >= 15 is 0 Å². The Hall–Kier alpha value is -2.16. The number of halogens is 1. The van der Waals surface area contributed by atoms with Gasteiger partial charge in [-0.25, -0.2) is 4.39 Å². The third kappa shape index (κ3) is 2.76. The Morgan fingerprint density at radius 2 is 1.86 bits per heavy atom. The molecule has 1 aliphatic rings. The average Bonchev–Trinajstić information content (AvgIpc) is 2.65. The maximum absolute atomic E-state index is 13.6. The summed E-state index contributed by atoms with van der Waals surface area (Å²) >= 11 is 0. The van der Waals surface area contributed by atoms with Gasteiger partial charge < -0.3 is 5.11 Å². The summed E-state index contributed by atoms with van der Waals surface area (Å²) in [6.45, 7) is 1.74. The molecule has 0 saturated heterocycles. The summed E-state index contributed by atoms with van der Waals surface area (Å²) in [5.74, 6) is -1.44. The van der Waals surface area contributed by atoms with E-state index in [-0.39, 0.29) is 11.7 Å². The van der Waals surface area contributed by atoms with Crippen LogP contribution >= 0.6 is 0 Å². The van der Waals surface area contributed by atoms with Gasteiger partial charge in [-0.2, -0.15) is 0 Å². The van der Waals surface area contributed by atoms with Gasteiger partial charge in [0.1, 0.15) is 5.82 Å². The largest absolute Gasteiger partial charge is 0.481 e. The first kappa shape index (κ1) is 14.8. The van der Waals surface area contributed by atoms with Gasteiger partial charge in [-0.1, -0.05) is 37.3 Å². The highest BCUT2D eigenvalue weighted by molar-refractivity contribution is 5.69. The van der Waals surface area contributed by atoms with E-state index in [1.54, 1.807) is 13.0 Å². The molecule has 0 bridgehead atoms. The van der Waals surface area contributed by atoms with E-state index in [9.17, 15) is 14.3 Å². The smallest absolute Gasteiger partial charge is 0.306 e. The Morgan fingerprint density at radius 1 is 1.18 bits per heavy atom. The quantitative estimate of drug-likeness (QED) is 0.923. The van der Waals surface area contributed by atoms with Gasteiger partial charge in [0, 0.05) is 5.92 Å². The molecule has 0 radical (unpaired) electrons. The summed E-state index contributed by atoms with van der Waals surface area (Å²) in [5, 5.41) is 9.26. The van der Waals surface area contributed by atoms with Crippen LogP contribution in [0.15, 0.2) is 42.5 Å². The maximum atomic E-state index is 13.6. The number of carbonyl (C=O) groups is 1. The van der Waals surface area contributed by atoms with E-state index in [0.717, 1.165) is 24.0 Å². The third-order valence-corrected chi connectivity index (χ3v) is 4.59. The minimum absolute atomic E-state index is 0.0143. The van der Waals surface area contributed by atoms with Crippen molar-refractivity contribution in [2.45, 2.75) is 32.1 Å². The van der Waals surface area contributed by atoms with Crippen LogP contribution in [0, 0.1) is 11.7 Å². The third-order valence-electron chi connectivity index (χ3n) is 4.59. The molecule has 2 unspecified atom stereocenters. The molecular formula is C19H19FO2. The van der Waals surface area contributed by atoms with Crippen LogP contribution in [-0.4, -0.2) is 11.1 Å². The molecule has 114 valence electrons. The molecule has 1 aliphatic carbocycles. The average molecular weight is 298 g/mol. The molecule has 3 rings (SSSR count). The van der Waals surface area contributed by atoms with E-state index in [2.05, 4.69) is 12.1 Å². The minimum atomic E-state index is -0.787.